The molecule has 3 rings (SSSR count). The van der Waals surface area contributed by atoms with Gasteiger partial charge in [0.15, 0.2) is 0 Å². The lowest BCUT2D eigenvalue weighted by Gasteiger charge is -2.33. The molecule has 1 aliphatic heterocycles. The molecule has 4 nitrogen and oxygen atoms in total. The van der Waals surface area contributed by atoms with E-state index in [0.717, 1.165) is 60.8 Å². The molecule has 1 N–H and O–H groups in total. The van der Waals surface area contributed by atoms with Crippen LogP contribution in [0.15, 0.2) is 48.5 Å². The number of amides is 1. The summed E-state index contributed by atoms with van der Waals surface area (Å²) in [5.74, 6) is 1.48. The predicted octanol–water partition coefficient (Wildman–Crippen LogP) is 5.46. The Morgan fingerprint density at radius 3 is 2.60 bits per heavy atom. The van der Waals surface area contributed by atoms with Crippen molar-refractivity contribution in [2.75, 3.05) is 20.2 Å². The van der Waals surface area contributed by atoms with E-state index in [4.69, 9.17) is 16.3 Å². The third kappa shape index (κ3) is 6.23. The van der Waals surface area contributed by atoms with Gasteiger partial charge in [0.05, 0.1) is 19.1 Å². The lowest BCUT2D eigenvalue weighted by atomic mass is 9.93. The van der Waals surface area contributed by atoms with Gasteiger partial charge in [0.25, 0.3) is 0 Å². The van der Waals surface area contributed by atoms with Gasteiger partial charge in [-0.2, -0.15) is 0 Å². The molecule has 1 fully saturated rings. The van der Waals surface area contributed by atoms with Gasteiger partial charge in [-0.05, 0) is 61.1 Å². The molecule has 1 heterocycles. The van der Waals surface area contributed by atoms with E-state index >= 15 is 0 Å². The molecule has 2 aromatic carbocycles. The van der Waals surface area contributed by atoms with Crippen molar-refractivity contribution in [3.05, 3.63) is 64.7 Å². The maximum Gasteiger partial charge on any atom is 0.224 e. The number of nitrogens with zero attached hydrogens (tertiary/aromatic N) is 1. The summed E-state index contributed by atoms with van der Waals surface area (Å²) in [5.41, 5.74) is 2.25. The Morgan fingerprint density at radius 1 is 1.20 bits per heavy atom. The lowest BCUT2D eigenvalue weighted by Crippen LogP contribution is -2.43. The zero-order chi connectivity index (χ0) is 21.5. The average Bonchev–Trinajstić information content (AvgIpc) is 2.75. The van der Waals surface area contributed by atoms with Gasteiger partial charge in [-0.15, -0.1) is 0 Å². The Balaban J connectivity index is 1.64. The minimum atomic E-state index is 0.00847. The van der Waals surface area contributed by atoms with Crippen molar-refractivity contribution in [2.24, 2.45) is 11.8 Å². The number of likely N-dealkylation sites (tertiary alicyclic amines) is 1. The van der Waals surface area contributed by atoms with Crippen molar-refractivity contribution in [1.82, 2.24) is 10.2 Å². The fourth-order valence-electron chi connectivity index (χ4n) is 4.16. The number of piperidine rings is 1. The van der Waals surface area contributed by atoms with Gasteiger partial charge < -0.3 is 10.1 Å². The van der Waals surface area contributed by atoms with Crippen LogP contribution in [0.2, 0.25) is 5.02 Å². The molecule has 2 unspecified atom stereocenters. The third-order valence-electron chi connectivity index (χ3n) is 5.77. The second-order valence-corrected chi connectivity index (χ2v) is 9.04. The highest BCUT2D eigenvalue weighted by Gasteiger charge is 2.28. The van der Waals surface area contributed by atoms with Gasteiger partial charge in [0.1, 0.15) is 5.75 Å². The Bertz CT molecular complexity index is 822. The molecule has 1 aliphatic rings. The van der Waals surface area contributed by atoms with Crippen molar-refractivity contribution < 1.29 is 9.53 Å². The van der Waals surface area contributed by atoms with Crippen molar-refractivity contribution >= 4 is 17.5 Å². The lowest BCUT2D eigenvalue weighted by molar-refractivity contribution is -0.127. The third-order valence-corrected chi connectivity index (χ3v) is 6.14. The van der Waals surface area contributed by atoms with Crippen LogP contribution < -0.4 is 10.1 Å². The van der Waals surface area contributed by atoms with Gasteiger partial charge >= 0.3 is 0 Å². The number of hydrogen-bond donors (Lipinski definition) is 1. The Kier molecular flexibility index (Phi) is 8.17. The van der Waals surface area contributed by atoms with E-state index in [1.165, 1.54) is 0 Å². The van der Waals surface area contributed by atoms with Crippen LogP contribution in [-0.2, 0) is 11.3 Å². The van der Waals surface area contributed by atoms with Crippen molar-refractivity contribution in [2.45, 2.75) is 45.7 Å². The van der Waals surface area contributed by atoms with Crippen LogP contribution in [0.1, 0.15) is 50.3 Å². The largest absolute Gasteiger partial charge is 0.497 e. The predicted molar refractivity (Wildman–Crippen MR) is 123 cm³/mol. The molecular formula is C25H33ClN2O2. The first-order chi connectivity index (χ1) is 14.5. The summed E-state index contributed by atoms with van der Waals surface area (Å²) >= 11 is 6.33. The summed E-state index contributed by atoms with van der Waals surface area (Å²) in [6, 6.07) is 16.0. The van der Waals surface area contributed by atoms with Crippen LogP contribution >= 0.6 is 11.6 Å². The Morgan fingerprint density at radius 2 is 1.93 bits per heavy atom. The number of halogens is 1. The molecule has 5 heteroatoms. The summed E-state index contributed by atoms with van der Waals surface area (Å²) in [7, 11) is 1.67. The molecular weight excluding hydrogens is 396 g/mol. The van der Waals surface area contributed by atoms with Gasteiger partial charge in [0.2, 0.25) is 5.91 Å². The molecule has 2 aromatic rings. The molecule has 1 saturated heterocycles. The van der Waals surface area contributed by atoms with E-state index in [0.29, 0.717) is 5.92 Å². The van der Waals surface area contributed by atoms with Crippen LogP contribution in [0.5, 0.6) is 5.75 Å². The second-order valence-electron chi connectivity index (χ2n) is 8.63. The maximum atomic E-state index is 13.2. The van der Waals surface area contributed by atoms with Gasteiger partial charge in [-0.1, -0.05) is 55.8 Å². The molecule has 2 atom stereocenters. The number of ether oxygens (including phenoxy) is 1. The summed E-state index contributed by atoms with van der Waals surface area (Å²) in [6.45, 7) is 6.94. The monoisotopic (exact) mass is 428 g/mol. The fraction of sp³-hybridized carbons (Fsp3) is 0.480. The van der Waals surface area contributed by atoms with Gasteiger partial charge in [-0.25, -0.2) is 0 Å². The highest BCUT2D eigenvalue weighted by molar-refractivity contribution is 6.31. The summed E-state index contributed by atoms with van der Waals surface area (Å²) < 4.78 is 5.27. The number of hydrogen-bond acceptors (Lipinski definition) is 3. The minimum absolute atomic E-state index is 0.00847. The number of carbonyl (C=O) groups is 1. The zero-order valence-corrected chi connectivity index (χ0v) is 19.0. The van der Waals surface area contributed by atoms with Crippen molar-refractivity contribution in [3.63, 3.8) is 0 Å². The van der Waals surface area contributed by atoms with E-state index < -0.39 is 0 Å². The first kappa shape index (κ1) is 22.6. The Hall–Kier alpha value is -2.04. The number of benzene rings is 2. The molecule has 0 aromatic heterocycles. The van der Waals surface area contributed by atoms with Crippen LogP contribution in [0.4, 0.5) is 0 Å². The topological polar surface area (TPSA) is 41.6 Å². The fourth-order valence-corrected chi connectivity index (χ4v) is 4.35. The molecule has 0 spiro atoms. The SMILES string of the molecule is COc1ccc(C(CC(C)C)NC(=O)C2CCCN(Cc3ccccc3Cl)C2)cc1. The molecule has 30 heavy (non-hydrogen) atoms. The van der Waals surface area contributed by atoms with Crippen LogP contribution in [0, 0.1) is 11.8 Å². The van der Waals surface area contributed by atoms with Crippen molar-refractivity contribution in [3.8, 4) is 5.75 Å². The van der Waals surface area contributed by atoms with E-state index in [1.807, 2.05) is 30.3 Å². The van der Waals surface area contributed by atoms with E-state index in [1.54, 1.807) is 7.11 Å². The molecule has 0 saturated carbocycles. The van der Waals surface area contributed by atoms with Crippen LogP contribution in [-0.4, -0.2) is 31.0 Å². The molecule has 0 bridgehead atoms. The van der Waals surface area contributed by atoms with Crippen LogP contribution in [0.25, 0.3) is 0 Å². The quantitative estimate of drug-likeness (QED) is 0.606. The number of methoxy groups -OCH3 is 1. The van der Waals surface area contributed by atoms with E-state index in [-0.39, 0.29) is 17.9 Å². The Labute approximate surface area is 185 Å². The highest BCUT2D eigenvalue weighted by atomic mass is 35.5. The molecule has 162 valence electrons. The van der Waals surface area contributed by atoms with E-state index in [2.05, 4.69) is 42.3 Å². The normalized spacial score (nSPS) is 18.2. The average molecular weight is 429 g/mol. The molecule has 1 amide bonds. The minimum Gasteiger partial charge on any atom is -0.497 e. The first-order valence-electron chi connectivity index (χ1n) is 10.9. The van der Waals surface area contributed by atoms with Gasteiger partial charge in [0, 0.05) is 18.1 Å². The number of rotatable bonds is 8. The first-order valence-corrected chi connectivity index (χ1v) is 11.2. The standard InChI is InChI=1S/C25H33ClN2O2/c1-18(2)15-24(19-10-12-22(30-3)13-11-19)27-25(29)21-8-6-14-28(17-21)16-20-7-4-5-9-23(20)26/h4-5,7,9-13,18,21,24H,6,8,14-17H2,1-3H3,(H,27,29). The maximum absolute atomic E-state index is 13.2. The summed E-state index contributed by atoms with van der Waals surface area (Å²) in [4.78, 5) is 15.5. The smallest absolute Gasteiger partial charge is 0.224 e. The zero-order valence-electron chi connectivity index (χ0n) is 18.2. The van der Waals surface area contributed by atoms with E-state index in [9.17, 15) is 4.79 Å². The molecule has 0 radical (unpaired) electrons. The molecule has 0 aliphatic carbocycles. The van der Waals surface area contributed by atoms with Crippen molar-refractivity contribution in [1.29, 1.82) is 0 Å². The number of carbonyl (C=O) groups excluding carboxylic acids is 1. The number of nitrogens with one attached hydrogen (secondary N) is 1. The second kappa shape index (κ2) is 10.8. The van der Waals surface area contributed by atoms with Gasteiger partial charge in [-0.3, -0.25) is 9.69 Å². The highest BCUT2D eigenvalue weighted by Crippen LogP contribution is 2.26. The summed E-state index contributed by atoms with van der Waals surface area (Å²) in [6.07, 6.45) is 2.87. The van der Waals surface area contributed by atoms with Crippen LogP contribution in [0.3, 0.4) is 0 Å². The summed E-state index contributed by atoms with van der Waals surface area (Å²) in [5, 5.41) is 4.13.